The van der Waals surface area contributed by atoms with Gasteiger partial charge in [0.2, 0.25) is 11.6 Å². The van der Waals surface area contributed by atoms with Gasteiger partial charge in [-0.3, -0.25) is 4.79 Å². The summed E-state index contributed by atoms with van der Waals surface area (Å²) < 4.78 is 45.7. The molecule has 18 heavy (non-hydrogen) atoms. The molecule has 0 saturated heterocycles. The topological polar surface area (TPSA) is 58.6 Å². The van der Waals surface area contributed by atoms with Crippen molar-refractivity contribution in [1.82, 2.24) is 0 Å². The van der Waals surface area contributed by atoms with Gasteiger partial charge in [0, 0.05) is 13.2 Å². The Kier molecular flexibility index (Phi) is 8.65. The Morgan fingerprint density at radius 2 is 1.61 bits per heavy atom. The zero-order valence-electron chi connectivity index (χ0n) is 10.8. The van der Waals surface area contributed by atoms with E-state index in [0.29, 0.717) is 0 Å². The van der Waals surface area contributed by atoms with Gasteiger partial charge in [-0.2, -0.15) is 13.2 Å². The first-order valence-electron chi connectivity index (χ1n) is 4.95. The molecule has 0 radical (unpaired) electrons. The number of alkyl halides is 3. The molecule has 0 amide bonds. The number of carbonyl (C=O) groups excluding carboxylic acids is 1. The molecule has 0 unspecified atom stereocenters. The van der Waals surface area contributed by atoms with E-state index in [1.807, 2.05) is 0 Å². The molecule has 0 heterocycles. The molecule has 0 aliphatic carbocycles. The molecular weight excluding hydrogens is 248 g/mol. The Morgan fingerprint density at radius 1 is 1.22 bits per heavy atom. The monoisotopic (exact) mass is 262 g/mol. The first-order chi connectivity index (χ1) is 7.67. The van der Waals surface area contributed by atoms with E-state index in [1.54, 1.807) is 13.8 Å². The van der Waals surface area contributed by atoms with Crippen LogP contribution in [-0.2, 0) is 14.3 Å². The molecule has 0 bridgehead atoms. The standard InChI is InChI=1S/C10H15F3O4.Li/c1-4-16-9(3,17-5-2)7(14)6-8(15)10(11,12)13;/h6,15H,4-5H2,1-3H3;/q;+1/p-1/b8-6-;. The van der Waals surface area contributed by atoms with Crippen molar-refractivity contribution in [3.05, 3.63) is 11.8 Å². The maximum absolute atomic E-state index is 12.0. The number of rotatable bonds is 6. The zero-order valence-corrected chi connectivity index (χ0v) is 10.8. The summed E-state index contributed by atoms with van der Waals surface area (Å²) >= 11 is 0. The van der Waals surface area contributed by atoms with Crippen LogP contribution in [0.1, 0.15) is 20.8 Å². The van der Waals surface area contributed by atoms with Gasteiger partial charge in [0.15, 0.2) is 0 Å². The third-order valence-electron chi connectivity index (χ3n) is 1.83. The molecular formula is C10H14F3LiO4. The summed E-state index contributed by atoms with van der Waals surface area (Å²) in [4.78, 5) is 11.5. The summed E-state index contributed by atoms with van der Waals surface area (Å²) in [6.45, 7) is 4.40. The van der Waals surface area contributed by atoms with Crippen molar-refractivity contribution in [1.29, 1.82) is 0 Å². The van der Waals surface area contributed by atoms with Gasteiger partial charge in [-0.15, -0.1) is 0 Å². The minimum Gasteiger partial charge on any atom is -0.869 e. The second-order valence-corrected chi connectivity index (χ2v) is 3.18. The van der Waals surface area contributed by atoms with Crippen molar-refractivity contribution < 1.29 is 51.4 Å². The summed E-state index contributed by atoms with van der Waals surface area (Å²) in [6.07, 6.45) is -5.12. The number of ether oxygens (including phenoxy) is 2. The number of hydrogen-bond donors (Lipinski definition) is 0. The van der Waals surface area contributed by atoms with Crippen molar-refractivity contribution in [2.45, 2.75) is 32.7 Å². The number of carbonyl (C=O) groups is 1. The van der Waals surface area contributed by atoms with Crippen LogP contribution in [0.5, 0.6) is 0 Å². The van der Waals surface area contributed by atoms with Crippen molar-refractivity contribution >= 4 is 5.78 Å². The smallest absolute Gasteiger partial charge is 0.869 e. The molecule has 0 aromatic heterocycles. The van der Waals surface area contributed by atoms with Crippen LogP contribution in [0.3, 0.4) is 0 Å². The van der Waals surface area contributed by atoms with Crippen LogP contribution in [0.25, 0.3) is 0 Å². The molecule has 0 atom stereocenters. The molecule has 0 aromatic rings. The Hall–Kier alpha value is -0.483. The Labute approximate surface area is 115 Å². The van der Waals surface area contributed by atoms with Crippen LogP contribution >= 0.6 is 0 Å². The first-order valence-corrected chi connectivity index (χ1v) is 4.95. The van der Waals surface area contributed by atoms with Gasteiger partial charge in [-0.1, -0.05) is 0 Å². The van der Waals surface area contributed by atoms with Crippen molar-refractivity contribution in [2.75, 3.05) is 13.2 Å². The SMILES string of the molecule is CCOC(C)(OCC)C(=O)/C=C(\[O-])C(F)(F)F.[Li+]. The maximum Gasteiger partial charge on any atom is 1.00 e. The number of halogens is 3. The normalized spacial score (nSPS) is 13.1. The predicted molar refractivity (Wildman–Crippen MR) is 50.8 cm³/mol. The third-order valence-corrected chi connectivity index (χ3v) is 1.83. The number of hydrogen-bond acceptors (Lipinski definition) is 4. The van der Waals surface area contributed by atoms with E-state index in [9.17, 15) is 23.1 Å². The Morgan fingerprint density at radius 3 is 1.89 bits per heavy atom. The van der Waals surface area contributed by atoms with E-state index in [2.05, 4.69) is 0 Å². The maximum atomic E-state index is 12.0. The second-order valence-electron chi connectivity index (χ2n) is 3.18. The van der Waals surface area contributed by atoms with Gasteiger partial charge < -0.3 is 14.6 Å². The van der Waals surface area contributed by atoms with Crippen molar-refractivity contribution in [3.8, 4) is 0 Å². The minimum atomic E-state index is -5.07. The van der Waals surface area contributed by atoms with Crippen LogP contribution in [0.4, 0.5) is 13.2 Å². The first kappa shape index (κ1) is 19.8. The molecule has 8 heteroatoms. The zero-order chi connectivity index (χ0) is 13.7. The van der Waals surface area contributed by atoms with Gasteiger partial charge in [0.25, 0.3) is 0 Å². The molecule has 0 rings (SSSR count). The Balaban J connectivity index is 0. The van der Waals surface area contributed by atoms with Crippen LogP contribution in [0.2, 0.25) is 0 Å². The van der Waals surface area contributed by atoms with E-state index in [0.717, 1.165) is 0 Å². The van der Waals surface area contributed by atoms with Gasteiger partial charge >= 0.3 is 25.0 Å². The van der Waals surface area contributed by atoms with E-state index in [1.165, 1.54) is 6.92 Å². The second kappa shape index (κ2) is 7.84. The average molecular weight is 262 g/mol. The molecule has 0 fully saturated rings. The Bertz CT molecular complexity index is 296. The van der Waals surface area contributed by atoms with E-state index in [4.69, 9.17) is 9.47 Å². The number of ketones is 1. The van der Waals surface area contributed by atoms with Crippen molar-refractivity contribution in [2.24, 2.45) is 0 Å². The number of allylic oxidation sites excluding steroid dienone is 1. The van der Waals surface area contributed by atoms with E-state index in [-0.39, 0.29) is 38.2 Å². The van der Waals surface area contributed by atoms with Gasteiger partial charge in [0.1, 0.15) is 0 Å². The summed E-state index contributed by atoms with van der Waals surface area (Å²) in [5.41, 5.74) is 0. The summed E-state index contributed by atoms with van der Waals surface area (Å²) in [5.74, 6) is -5.25. The third kappa shape index (κ3) is 5.91. The van der Waals surface area contributed by atoms with E-state index >= 15 is 0 Å². The molecule has 0 aromatic carbocycles. The summed E-state index contributed by atoms with van der Waals surface area (Å²) in [6, 6.07) is 0. The van der Waals surface area contributed by atoms with Crippen LogP contribution < -0.4 is 24.0 Å². The average Bonchev–Trinajstić information content (AvgIpc) is 2.16. The van der Waals surface area contributed by atoms with Gasteiger partial charge in [-0.05, 0) is 32.6 Å². The quantitative estimate of drug-likeness (QED) is 0.244. The summed E-state index contributed by atoms with van der Waals surface area (Å²) in [5, 5.41) is 10.6. The largest absolute Gasteiger partial charge is 1.00 e. The molecule has 0 saturated carbocycles. The van der Waals surface area contributed by atoms with Gasteiger partial charge in [-0.25, -0.2) is 0 Å². The molecule has 0 aliphatic rings. The molecule has 0 aliphatic heterocycles. The fraction of sp³-hybridized carbons (Fsp3) is 0.700. The molecule has 4 nitrogen and oxygen atoms in total. The van der Waals surface area contributed by atoms with Crippen LogP contribution in [0.15, 0.2) is 11.8 Å². The van der Waals surface area contributed by atoms with E-state index < -0.39 is 23.5 Å². The van der Waals surface area contributed by atoms with Crippen LogP contribution in [-0.4, -0.2) is 31.0 Å². The van der Waals surface area contributed by atoms with Crippen molar-refractivity contribution in [3.63, 3.8) is 0 Å². The fourth-order valence-corrected chi connectivity index (χ4v) is 1.07. The molecule has 0 spiro atoms. The summed E-state index contributed by atoms with van der Waals surface area (Å²) in [7, 11) is 0. The fourth-order valence-electron chi connectivity index (χ4n) is 1.07. The molecule has 0 N–H and O–H groups in total. The van der Waals surface area contributed by atoms with Crippen LogP contribution in [0, 0.1) is 0 Å². The van der Waals surface area contributed by atoms with Gasteiger partial charge in [0.05, 0.1) is 0 Å². The predicted octanol–water partition coefficient (Wildman–Crippen LogP) is -1.84. The molecule has 100 valence electrons. The minimum absolute atomic E-state index is 0.